The molecule has 3 aliphatic rings. The molecule has 0 radical (unpaired) electrons. The van der Waals surface area contributed by atoms with E-state index in [1.165, 1.54) is 11.0 Å². The van der Waals surface area contributed by atoms with Crippen molar-refractivity contribution in [3.05, 3.63) is 70.3 Å². The van der Waals surface area contributed by atoms with Crippen LogP contribution in [-0.2, 0) is 36.5 Å². The molecule has 1 aliphatic heterocycles. The number of alkyl halides is 3. The fourth-order valence-electron chi connectivity index (χ4n) is 6.98. The Morgan fingerprint density at radius 1 is 1.20 bits per heavy atom. The topological polar surface area (TPSA) is 108 Å². The third kappa shape index (κ3) is 5.68. The number of methoxy groups -OCH3 is 1. The van der Waals surface area contributed by atoms with Gasteiger partial charge in [0.25, 0.3) is 5.91 Å². The van der Waals surface area contributed by atoms with Gasteiger partial charge in [-0.05, 0) is 93.0 Å². The lowest BCUT2D eigenvalue weighted by molar-refractivity contribution is -0.138. The molecule has 0 saturated heterocycles. The highest BCUT2D eigenvalue weighted by atomic mass is 19.4. The molecule has 0 spiro atoms. The summed E-state index contributed by atoms with van der Waals surface area (Å²) in [5.74, 6) is 0.258. The number of ether oxygens (including phenoxy) is 1. The Kier molecular flexibility index (Phi) is 7.90. The maximum Gasteiger partial charge on any atom is 0.416 e. The van der Waals surface area contributed by atoms with E-state index in [1.54, 1.807) is 25.6 Å². The van der Waals surface area contributed by atoms with Crippen molar-refractivity contribution >= 4 is 17.3 Å². The van der Waals surface area contributed by atoms with Crippen LogP contribution < -0.4 is 15.5 Å². The van der Waals surface area contributed by atoms with Gasteiger partial charge >= 0.3 is 6.18 Å². The van der Waals surface area contributed by atoms with Crippen LogP contribution in [0.2, 0.25) is 0 Å². The fourth-order valence-corrected chi connectivity index (χ4v) is 6.98. The quantitative estimate of drug-likeness (QED) is 0.293. The van der Waals surface area contributed by atoms with Gasteiger partial charge in [-0.25, -0.2) is 0 Å². The van der Waals surface area contributed by atoms with Crippen molar-refractivity contribution in [2.24, 2.45) is 7.05 Å². The maximum absolute atomic E-state index is 14.4. The van der Waals surface area contributed by atoms with E-state index >= 15 is 0 Å². The Labute approximate surface area is 260 Å². The number of amides is 1. The van der Waals surface area contributed by atoms with E-state index in [0.717, 1.165) is 30.7 Å². The molecule has 1 amide bonds. The van der Waals surface area contributed by atoms with Crippen LogP contribution >= 0.6 is 0 Å². The van der Waals surface area contributed by atoms with E-state index in [1.807, 2.05) is 30.7 Å². The first-order valence-corrected chi connectivity index (χ1v) is 15.3. The number of nitrogens with one attached hydrogen (secondary N) is 2. The minimum absolute atomic E-state index is 0.0134. The molecule has 1 atom stereocenters. The molecular formula is C33H38F3N7O2. The molecule has 0 bridgehead atoms. The Hall–Kier alpha value is -3.95. The third-order valence-corrected chi connectivity index (χ3v) is 9.80. The van der Waals surface area contributed by atoms with E-state index < -0.39 is 23.1 Å². The first-order chi connectivity index (χ1) is 21.4. The van der Waals surface area contributed by atoms with Crippen molar-refractivity contribution < 1.29 is 22.7 Å². The van der Waals surface area contributed by atoms with Crippen LogP contribution in [0.3, 0.4) is 0 Å². The van der Waals surface area contributed by atoms with Gasteiger partial charge in [-0.1, -0.05) is 0 Å². The number of hydrogen-bond acceptors (Lipinski definition) is 7. The zero-order valence-corrected chi connectivity index (χ0v) is 26.0. The number of carbonyl (C=O) groups is 1. The summed E-state index contributed by atoms with van der Waals surface area (Å²) >= 11 is 0. The van der Waals surface area contributed by atoms with Crippen LogP contribution in [0.15, 0.2) is 36.7 Å². The molecule has 3 aromatic rings. The molecular weight excluding hydrogens is 583 g/mol. The van der Waals surface area contributed by atoms with Crippen LogP contribution in [-0.4, -0.2) is 45.5 Å². The molecule has 2 aromatic carbocycles. The van der Waals surface area contributed by atoms with Crippen molar-refractivity contribution in [2.75, 3.05) is 17.3 Å². The molecule has 0 unspecified atom stereocenters. The lowest BCUT2D eigenvalue weighted by Crippen LogP contribution is -2.48. The molecule has 2 saturated carbocycles. The van der Waals surface area contributed by atoms with Crippen LogP contribution in [0.5, 0.6) is 0 Å². The number of hydrogen-bond donors (Lipinski definition) is 2. The summed E-state index contributed by atoms with van der Waals surface area (Å²) in [5.41, 5.74) is 1.01. The Balaban J connectivity index is 1.41. The standard InChI is InChI=1S/C33H38F3N7O2/c1-20(6-9-37)40-23-12-22(32(15-25(16-32)45-4)30-41-39-19-42(30)3)13-24(14-23)43-18-27-26(29(43)44)10-21(11-28(27)33(34,35)36)17-38-31(2)7-5-8-31/h10-14,19-20,25,38,40H,5-8,15-18H2,1-4H3/t20-,25-,32-/m0/s1. The van der Waals surface area contributed by atoms with Gasteiger partial charge in [-0.2, -0.15) is 18.4 Å². The smallest absolute Gasteiger partial charge is 0.381 e. The number of nitriles is 1. The fraction of sp³-hybridized carbons (Fsp3) is 0.515. The van der Waals surface area contributed by atoms with Crippen molar-refractivity contribution in [1.29, 1.82) is 5.26 Å². The minimum Gasteiger partial charge on any atom is -0.381 e. The van der Waals surface area contributed by atoms with Crippen LogP contribution in [0.25, 0.3) is 0 Å². The first kappa shape index (κ1) is 31.0. The molecule has 9 nitrogen and oxygen atoms in total. The summed E-state index contributed by atoms with van der Waals surface area (Å²) in [6.45, 7) is 4.00. The van der Waals surface area contributed by atoms with Crippen molar-refractivity contribution in [2.45, 2.75) is 94.7 Å². The zero-order chi connectivity index (χ0) is 32.1. The lowest BCUT2D eigenvalue weighted by Gasteiger charge is -2.46. The summed E-state index contributed by atoms with van der Waals surface area (Å²) < 4.78 is 50.8. The largest absolute Gasteiger partial charge is 0.416 e. The molecule has 45 heavy (non-hydrogen) atoms. The van der Waals surface area contributed by atoms with Gasteiger partial charge < -0.3 is 24.8 Å². The van der Waals surface area contributed by atoms with E-state index in [4.69, 9.17) is 4.74 Å². The summed E-state index contributed by atoms with van der Waals surface area (Å²) in [7, 11) is 3.53. The second-order valence-electron chi connectivity index (χ2n) is 13.1. The molecule has 2 heterocycles. The predicted molar refractivity (Wildman–Crippen MR) is 163 cm³/mol. The van der Waals surface area contributed by atoms with E-state index in [-0.39, 0.29) is 48.3 Å². The Bertz CT molecular complexity index is 1650. The number of aryl methyl sites for hydroxylation is 1. The Morgan fingerprint density at radius 3 is 2.56 bits per heavy atom. The highest BCUT2D eigenvalue weighted by Crippen LogP contribution is 2.51. The number of anilines is 2. The number of aromatic nitrogens is 3. The molecule has 12 heteroatoms. The van der Waals surface area contributed by atoms with Crippen LogP contribution in [0.4, 0.5) is 24.5 Å². The average molecular weight is 622 g/mol. The van der Waals surface area contributed by atoms with E-state index in [9.17, 15) is 23.2 Å². The maximum atomic E-state index is 14.4. The van der Waals surface area contributed by atoms with Crippen LogP contribution in [0, 0.1) is 11.3 Å². The summed E-state index contributed by atoms with van der Waals surface area (Å²) in [6.07, 6.45) is 1.52. The second-order valence-corrected chi connectivity index (χ2v) is 13.1. The van der Waals surface area contributed by atoms with Crippen molar-refractivity contribution in [1.82, 2.24) is 20.1 Å². The first-order valence-electron chi connectivity index (χ1n) is 15.3. The zero-order valence-electron chi connectivity index (χ0n) is 26.0. The highest BCUT2D eigenvalue weighted by molar-refractivity contribution is 6.10. The number of nitrogens with zero attached hydrogens (tertiary/aromatic N) is 5. The van der Waals surface area contributed by atoms with Crippen LogP contribution in [0.1, 0.15) is 90.8 Å². The summed E-state index contributed by atoms with van der Waals surface area (Å²) in [5, 5.41) is 24.5. The van der Waals surface area contributed by atoms with Gasteiger partial charge in [0.15, 0.2) is 0 Å². The van der Waals surface area contributed by atoms with Gasteiger partial charge in [-0.15, -0.1) is 10.2 Å². The lowest BCUT2D eigenvalue weighted by atomic mass is 9.61. The van der Waals surface area contributed by atoms with Crippen molar-refractivity contribution in [3.63, 3.8) is 0 Å². The van der Waals surface area contributed by atoms with Gasteiger partial charge in [0.1, 0.15) is 12.2 Å². The minimum atomic E-state index is -4.62. The number of fused-ring (bicyclic) bond motifs is 1. The molecule has 2 N–H and O–H groups in total. The average Bonchev–Trinajstić information content (AvgIpc) is 3.52. The SMILES string of the molecule is CO[C@H]1C[C@](c2cc(N[C@@H](C)CC#N)cc(N3Cc4c(cc(CNC5(C)CCC5)cc4C(F)(F)F)C3=O)c2)(c2nncn2C)C1. The summed E-state index contributed by atoms with van der Waals surface area (Å²) in [6, 6.07) is 10.4. The third-order valence-electron chi connectivity index (χ3n) is 9.80. The van der Waals surface area contributed by atoms with E-state index in [0.29, 0.717) is 29.8 Å². The molecule has 2 fully saturated rings. The molecule has 1 aromatic heterocycles. The number of halogens is 3. The predicted octanol–water partition coefficient (Wildman–Crippen LogP) is 5.84. The normalized spacial score (nSPS) is 22.8. The number of benzene rings is 2. The van der Waals surface area contributed by atoms with Gasteiger partial charge in [-0.3, -0.25) is 4.79 Å². The second kappa shape index (κ2) is 11.4. The van der Waals surface area contributed by atoms with Gasteiger partial charge in [0, 0.05) is 49.2 Å². The van der Waals surface area contributed by atoms with E-state index in [2.05, 4.69) is 33.8 Å². The van der Waals surface area contributed by atoms with Gasteiger partial charge in [0.05, 0.1) is 36.1 Å². The van der Waals surface area contributed by atoms with Crippen molar-refractivity contribution in [3.8, 4) is 6.07 Å². The van der Waals surface area contributed by atoms with Gasteiger partial charge in [0.2, 0.25) is 0 Å². The number of carbonyl (C=O) groups excluding carboxylic acids is 1. The Morgan fingerprint density at radius 2 is 1.96 bits per heavy atom. The monoisotopic (exact) mass is 621 g/mol. The highest BCUT2D eigenvalue weighted by Gasteiger charge is 2.51. The molecule has 6 rings (SSSR count). The summed E-state index contributed by atoms with van der Waals surface area (Å²) in [4.78, 5) is 15.4. The molecule has 238 valence electrons. The number of rotatable bonds is 10. The molecule has 2 aliphatic carbocycles.